The molecule has 0 bridgehead atoms. The fourth-order valence-corrected chi connectivity index (χ4v) is 2.79. The van der Waals surface area contributed by atoms with E-state index in [2.05, 4.69) is 13.5 Å². The third-order valence-corrected chi connectivity index (χ3v) is 3.67. The van der Waals surface area contributed by atoms with Crippen molar-refractivity contribution < 1.29 is 9.59 Å². The zero-order valence-corrected chi connectivity index (χ0v) is 10.4. The lowest BCUT2D eigenvalue weighted by atomic mass is 10.1. The maximum Gasteiger partial charge on any atom is 0.246 e. The fraction of sp³-hybridized carbons (Fsp3) is 0.692. The lowest BCUT2D eigenvalue weighted by Gasteiger charge is -2.26. The van der Waals surface area contributed by atoms with Gasteiger partial charge < -0.3 is 9.80 Å². The molecule has 2 rings (SSSR count). The van der Waals surface area contributed by atoms with E-state index >= 15 is 0 Å². The van der Waals surface area contributed by atoms with E-state index < -0.39 is 0 Å². The Balaban J connectivity index is 2.09. The molecule has 2 aliphatic rings. The zero-order chi connectivity index (χ0) is 12.4. The SMILES string of the molecule is C=CC(=O)N1C[C@@H](C)C[C@H]1C(=O)N1CCCC1. The van der Waals surface area contributed by atoms with Gasteiger partial charge in [-0.05, 0) is 31.3 Å². The molecule has 2 saturated heterocycles. The van der Waals surface area contributed by atoms with Crippen molar-refractivity contribution in [2.75, 3.05) is 19.6 Å². The third-order valence-electron chi connectivity index (χ3n) is 3.67. The topological polar surface area (TPSA) is 40.6 Å². The van der Waals surface area contributed by atoms with Crippen molar-refractivity contribution in [2.24, 2.45) is 5.92 Å². The molecule has 0 spiro atoms. The molecule has 17 heavy (non-hydrogen) atoms. The fourth-order valence-electron chi connectivity index (χ4n) is 2.79. The van der Waals surface area contributed by atoms with Crippen LogP contribution < -0.4 is 0 Å². The van der Waals surface area contributed by atoms with Crippen LogP contribution in [0.1, 0.15) is 26.2 Å². The minimum Gasteiger partial charge on any atom is -0.341 e. The summed E-state index contributed by atoms with van der Waals surface area (Å²) in [7, 11) is 0. The van der Waals surface area contributed by atoms with Crippen LogP contribution in [0.2, 0.25) is 0 Å². The highest BCUT2D eigenvalue weighted by Crippen LogP contribution is 2.25. The van der Waals surface area contributed by atoms with Gasteiger partial charge >= 0.3 is 0 Å². The normalized spacial score (nSPS) is 28.5. The number of carbonyl (C=O) groups is 2. The molecular formula is C13H20N2O2. The second-order valence-corrected chi connectivity index (χ2v) is 5.08. The smallest absolute Gasteiger partial charge is 0.246 e. The van der Waals surface area contributed by atoms with Crippen molar-refractivity contribution in [3.05, 3.63) is 12.7 Å². The molecule has 0 unspecified atom stereocenters. The van der Waals surface area contributed by atoms with Gasteiger partial charge in [0, 0.05) is 19.6 Å². The average molecular weight is 236 g/mol. The second kappa shape index (κ2) is 4.90. The van der Waals surface area contributed by atoms with Crippen molar-refractivity contribution in [1.29, 1.82) is 0 Å². The van der Waals surface area contributed by atoms with Crippen LogP contribution in [0.25, 0.3) is 0 Å². The highest BCUT2D eigenvalue weighted by Gasteiger charge is 2.39. The van der Waals surface area contributed by atoms with Crippen LogP contribution in [0.4, 0.5) is 0 Å². The number of carbonyl (C=O) groups excluding carboxylic acids is 2. The Morgan fingerprint density at radius 1 is 1.29 bits per heavy atom. The summed E-state index contributed by atoms with van der Waals surface area (Å²) in [6.07, 6.45) is 4.27. The Labute approximate surface area is 102 Å². The van der Waals surface area contributed by atoms with Gasteiger partial charge in [-0.3, -0.25) is 9.59 Å². The first-order valence-corrected chi connectivity index (χ1v) is 6.35. The summed E-state index contributed by atoms with van der Waals surface area (Å²) in [5.74, 6) is 0.407. The third kappa shape index (κ3) is 2.35. The summed E-state index contributed by atoms with van der Waals surface area (Å²) in [4.78, 5) is 27.6. The number of rotatable bonds is 2. The molecule has 0 aromatic rings. The predicted octanol–water partition coefficient (Wildman–Crippen LogP) is 1.03. The molecule has 4 heteroatoms. The molecule has 2 amide bonds. The van der Waals surface area contributed by atoms with Crippen LogP contribution in [0.15, 0.2) is 12.7 Å². The Bertz CT molecular complexity index is 334. The molecule has 2 fully saturated rings. The largest absolute Gasteiger partial charge is 0.341 e. The number of amides is 2. The van der Waals surface area contributed by atoms with E-state index in [1.165, 1.54) is 6.08 Å². The number of hydrogen-bond acceptors (Lipinski definition) is 2. The Morgan fingerprint density at radius 2 is 1.94 bits per heavy atom. The minimum atomic E-state index is -0.256. The molecule has 0 N–H and O–H groups in total. The summed E-state index contributed by atoms with van der Waals surface area (Å²) in [6.45, 7) is 7.96. The molecule has 0 radical (unpaired) electrons. The molecule has 0 aliphatic carbocycles. The van der Waals surface area contributed by atoms with Gasteiger partial charge in [0.15, 0.2) is 0 Å². The maximum absolute atomic E-state index is 12.3. The summed E-state index contributed by atoms with van der Waals surface area (Å²) in [5.41, 5.74) is 0. The van der Waals surface area contributed by atoms with Crippen molar-refractivity contribution in [2.45, 2.75) is 32.2 Å². The summed E-state index contributed by atoms with van der Waals surface area (Å²) < 4.78 is 0. The predicted molar refractivity (Wildman–Crippen MR) is 65.3 cm³/mol. The Morgan fingerprint density at radius 3 is 2.53 bits per heavy atom. The van der Waals surface area contributed by atoms with Gasteiger partial charge in [0.05, 0.1) is 0 Å². The van der Waals surface area contributed by atoms with Gasteiger partial charge in [0.25, 0.3) is 0 Å². The number of hydrogen-bond donors (Lipinski definition) is 0. The van der Waals surface area contributed by atoms with Gasteiger partial charge in [-0.2, -0.15) is 0 Å². The first kappa shape index (κ1) is 12.1. The van der Waals surface area contributed by atoms with Crippen LogP contribution >= 0.6 is 0 Å². The van der Waals surface area contributed by atoms with Crippen LogP contribution in [-0.2, 0) is 9.59 Å². The standard InChI is InChI=1S/C13H20N2O2/c1-3-12(16)15-9-10(2)8-11(15)13(17)14-6-4-5-7-14/h3,10-11H,1,4-9H2,2H3/t10-,11-/m0/s1. The van der Waals surface area contributed by atoms with E-state index in [1.807, 2.05) is 4.90 Å². The van der Waals surface area contributed by atoms with E-state index in [4.69, 9.17) is 0 Å². The first-order chi connectivity index (χ1) is 8.13. The molecule has 94 valence electrons. The zero-order valence-electron chi connectivity index (χ0n) is 10.4. The summed E-state index contributed by atoms with van der Waals surface area (Å²) >= 11 is 0. The molecule has 0 aromatic carbocycles. The molecule has 4 nitrogen and oxygen atoms in total. The van der Waals surface area contributed by atoms with E-state index in [-0.39, 0.29) is 17.9 Å². The van der Waals surface area contributed by atoms with Crippen molar-refractivity contribution in [1.82, 2.24) is 9.80 Å². The van der Waals surface area contributed by atoms with Crippen LogP contribution in [0, 0.1) is 5.92 Å². The lowest BCUT2D eigenvalue weighted by Crippen LogP contribution is -2.46. The highest BCUT2D eigenvalue weighted by atomic mass is 16.2. The van der Waals surface area contributed by atoms with Crippen molar-refractivity contribution in [3.63, 3.8) is 0 Å². The van der Waals surface area contributed by atoms with Gasteiger partial charge in [-0.25, -0.2) is 0 Å². The summed E-state index contributed by atoms with van der Waals surface area (Å²) in [5, 5.41) is 0. The van der Waals surface area contributed by atoms with E-state index in [0.29, 0.717) is 12.5 Å². The van der Waals surface area contributed by atoms with Gasteiger partial charge in [0.2, 0.25) is 11.8 Å². The van der Waals surface area contributed by atoms with Crippen LogP contribution in [0.3, 0.4) is 0 Å². The number of likely N-dealkylation sites (tertiary alicyclic amines) is 2. The molecule has 2 heterocycles. The van der Waals surface area contributed by atoms with Gasteiger partial charge in [-0.15, -0.1) is 0 Å². The second-order valence-electron chi connectivity index (χ2n) is 5.08. The average Bonchev–Trinajstić information content (AvgIpc) is 2.95. The molecule has 2 aliphatic heterocycles. The maximum atomic E-state index is 12.3. The monoisotopic (exact) mass is 236 g/mol. The van der Waals surface area contributed by atoms with E-state index in [1.54, 1.807) is 4.90 Å². The first-order valence-electron chi connectivity index (χ1n) is 6.35. The Kier molecular flexibility index (Phi) is 3.50. The molecular weight excluding hydrogens is 216 g/mol. The highest BCUT2D eigenvalue weighted by molar-refractivity contribution is 5.93. The van der Waals surface area contributed by atoms with Gasteiger partial charge in [-0.1, -0.05) is 13.5 Å². The lowest BCUT2D eigenvalue weighted by molar-refractivity contribution is -0.140. The van der Waals surface area contributed by atoms with Crippen molar-refractivity contribution in [3.8, 4) is 0 Å². The van der Waals surface area contributed by atoms with E-state index in [0.717, 1.165) is 32.4 Å². The Hall–Kier alpha value is -1.32. The number of nitrogens with zero attached hydrogens (tertiary/aromatic N) is 2. The van der Waals surface area contributed by atoms with Gasteiger partial charge in [0.1, 0.15) is 6.04 Å². The van der Waals surface area contributed by atoms with Crippen LogP contribution in [0.5, 0.6) is 0 Å². The minimum absolute atomic E-state index is 0.119. The quantitative estimate of drug-likeness (QED) is 0.672. The summed E-state index contributed by atoms with van der Waals surface area (Å²) in [6, 6.07) is -0.256. The van der Waals surface area contributed by atoms with Crippen molar-refractivity contribution >= 4 is 11.8 Å². The molecule has 0 saturated carbocycles. The molecule has 2 atom stereocenters. The molecule has 0 aromatic heterocycles. The van der Waals surface area contributed by atoms with Crippen LogP contribution in [-0.4, -0.2) is 47.3 Å². The van der Waals surface area contributed by atoms with E-state index in [9.17, 15) is 9.59 Å².